The number of carbonyl (C=O) groups excluding carboxylic acids is 1. The average molecular weight is 671 g/mol. The molecule has 0 aromatic heterocycles. The van der Waals surface area contributed by atoms with Gasteiger partial charge in [-0.25, -0.2) is 25.9 Å². The maximum Gasteiger partial charge on any atom is 0.265 e. The molecule has 3 heterocycles. The van der Waals surface area contributed by atoms with Crippen molar-refractivity contribution in [1.82, 2.24) is 9.03 Å². The van der Waals surface area contributed by atoms with Crippen molar-refractivity contribution < 1.29 is 35.5 Å². The maximum atomic E-state index is 13.4. The minimum atomic E-state index is -4.31. The molecule has 0 saturated carbocycles. The Hall–Kier alpha value is -3.32. The summed E-state index contributed by atoms with van der Waals surface area (Å²) in [5.41, 5.74) is 1.21. The van der Waals surface area contributed by atoms with E-state index >= 15 is 0 Å². The van der Waals surface area contributed by atoms with Crippen LogP contribution in [0.25, 0.3) is 0 Å². The van der Waals surface area contributed by atoms with Gasteiger partial charge in [0.2, 0.25) is 10.0 Å². The molecule has 9 nitrogen and oxygen atoms in total. The van der Waals surface area contributed by atoms with Gasteiger partial charge in [0.05, 0.1) is 22.0 Å². The highest BCUT2D eigenvalue weighted by molar-refractivity contribution is 7.90. The molecule has 3 aromatic carbocycles. The molecular weight excluding hydrogens is 632 g/mol. The van der Waals surface area contributed by atoms with Crippen LogP contribution in [0.1, 0.15) is 74.0 Å². The molecule has 1 amide bonds. The number of amides is 1. The monoisotopic (exact) mass is 670 g/mol. The van der Waals surface area contributed by atoms with Crippen LogP contribution in [0.3, 0.4) is 0 Å². The number of piperidine rings is 1. The van der Waals surface area contributed by atoms with E-state index in [9.17, 15) is 26.0 Å². The number of nitrogens with zero attached hydrogens (tertiary/aromatic N) is 1. The second kappa shape index (κ2) is 12.4. The topological polar surface area (TPSA) is 119 Å². The summed E-state index contributed by atoms with van der Waals surface area (Å²) in [7, 11) is -8.07. The average Bonchev–Trinajstić information content (AvgIpc) is 3.01. The number of fused-ring (bicyclic) bond motifs is 3. The maximum absolute atomic E-state index is 13.4. The molecule has 1 unspecified atom stereocenters. The van der Waals surface area contributed by atoms with Gasteiger partial charge >= 0.3 is 0 Å². The first-order valence-electron chi connectivity index (χ1n) is 15.6. The van der Waals surface area contributed by atoms with Crippen molar-refractivity contribution in [2.75, 3.05) is 13.1 Å². The van der Waals surface area contributed by atoms with Gasteiger partial charge in [0, 0.05) is 30.1 Å². The number of ether oxygens (including phenoxy) is 2. The number of rotatable bonds is 7. The van der Waals surface area contributed by atoms with E-state index in [1.807, 2.05) is 20.8 Å². The second-order valence-electron chi connectivity index (χ2n) is 13.2. The molecular formula is C34H39FN2O7S2. The third-order valence-electron chi connectivity index (χ3n) is 9.34. The van der Waals surface area contributed by atoms with Crippen LogP contribution in [0.4, 0.5) is 4.39 Å². The van der Waals surface area contributed by atoms with E-state index in [4.69, 9.17) is 9.47 Å². The predicted molar refractivity (Wildman–Crippen MR) is 170 cm³/mol. The van der Waals surface area contributed by atoms with Crippen LogP contribution in [0, 0.1) is 17.7 Å². The molecule has 12 heteroatoms. The van der Waals surface area contributed by atoms with Crippen LogP contribution in [-0.4, -0.2) is 51.8 Å². The fraction of sp³-hybridized carbons (Fsp3) is 0.441. The van der Waals surface area contributed by atoms with Gasteiger partial charge in [-0.1, -0.05) is 19.1 Å². The van der Waals surface area contributed by atoms with E-state index in [0.717, 1.165) is 31.2 Å². The molecule has 46 heavy (non-hydrogen) atoms. The number of nitrogens with one attached hydrogen (secondary N) is 1. The lowest BCUT2D eigenvalue weighted by molar-refractivity contribution is -0.149. The largest absolute Gasteiger partial charge is 0.487 e. The van der Waals surface area contributed by atoms with Gasteiger partial charge < -0.3 is 9.47 Å². The molecule has 3 aliphatic heterocycles. The number of halogens is 1. The molecule has 2 saturated heterocycles. The van der Waals surface area contributed by atoms with Gasteiger partial charge in [0.1, 0.15) is 17.2 Å². The van der Waals surface area contributed by atoms with Gasteiger partial charge in [0.25, 0.3) is 15.9 Å². The predicted octanol–water partition coefficient (Wildman–Crippen LogP) is 5.62. The van der Waals surface area contributed by atoms with Gasteiger partial charge in [0.15, 0.2) is 0 Å². The zero-order chi connectivity index (χ0) is 32.9. The number of sulfonamides is 2. The summed E-state index contributed by atoms with van der Waals surface area (Å²) in [6.45, 7) is 6.86. The Morgan fingerprint density at radius 1 is 0.957 bits per heavy atom. The van der Waals surface area contributed by atoms with Crippen LogP contribution in [0.5, 0.6) is 5.75 Å². The molecule has 0 spiro atoms. The normalized spacial score (nSPS) is 24.7. The van der Waals surface area contributed by atoms with Crippen molar-refractivity contribution in [3.05, 3.63) is 89.2 Å². The van der Waals surface area contributed by atoms with Crippen molar-refractivity contribution in [2.24, 2.45) is 11.8 Å². The van der Waals surface area contributed by atoms with Crippen molar-refractivity contribution in [3.63, 3.8) is 0 Å². The molecule has 0 bridgehead atoms. The van der Waals surface area contributed by atoms with E-state index in [1.165, 1.54) is 46.8 Å². The lowest BCUT2D eigenvalue weighted by atomic mass is 9.74. The Morgan fingerprint density at radius 2 is 1.65 bits per heavy atom. The molecule has 0 radical (unpaired) electrons. The van der Waals surface area contributed by atoms with E-state index in [-0.39, 0.29) is 45.2 Å². The lowest BCUT2D eigenvalue weighted by Crippen LogP contribution is -2.48. The molecule has 6 rings (SSSR count). The Labute approximate surface area is 270 Å². The third-order valence-corrected chi connectivity index (χ3v) is 12.6. The van der Waals surface area contributed by atoms with Crippen LogP contribution in [0.2, 0.25) is 0 Å². The minimum Gasteiger partial charge on any atom is -0.487 e. The smallest absolute Gasteiger partial charge is 0.265 e. The van der Waals surface area contributed by atoms with Crippen LogP contribution in [-0.2, 0) is 31.2 Å². The molecule has 4 atom stereocenters. The number of carbonyl (C=O) groups is 1. The molecule has 0 aliphatic carbocycles. The molecule has 246 valence electrons. The van der Waals surface area contributed by atoms with E-state index in [2.05, 4.69) is 4.72 Å². The molecule has 3 aromatic rings. The number of hydrogen-bond donors (Lipinski definition) is 1. The highest BCUT2D eigenvalue weighted by Crippen LogP contribution is 2.51. The third kappa shape index (κ3) is 6.58. The fourth-order valence-corrected chi connectivity index (χ4v) is 9.40. The molecule has 3 aliphatic rings. The SMILES string of the molecule is CC1CCCN(S(=O)(=O)c2ccc(S(=O)(=O)NC(=O)c3ccc4c(c3)[C@@H]3O[C@H](Cc5ccc(F)cc5)CC[C@H]3C(C)(C)O4)cc2)C1. The minimum absolute atomic E-state index is 0.00394. The van der Waals surface area contributed by atoms with E-state index in [0.29, 0.717) is 30.8 Å². The van der Waals surface area contributed by atoms with E-state index < -0.39 is 31.6 Å². The van der Waals surface area contributed by atoms with Gasteiger partial charge in [-0.15, -0.1) is 0 Å². The van der Waals surface area contributed by atoms with Crippen LogP contribution < -0.4 is 9.46 Å². The standard InChI is InChI=1S/C34H39FN2O7S2/c1-22-5-4-18-37(21-22)46(41,42)28-14-12-27(13-15-28)45(39,40)36-33(38)24-8-17-31-29(20-24)32-30(34(2,3)44-31)16-11-26(43-32)19-23-6-9-25(35)10-7-23/h6-10,12-15,17,20,22,26,30,32H,4-5,11,16,18-19,21H2,1-3H3,(H,36,38)/t22?,26-,30+,32-/m0/s1. The first kappa shape index (κ1) is 32.6. The van der Waals surface area contributed by atoms with Crippen molar-refractivity contribution in [1.29, 1.82) is 0 Å². The van der Waals surface area contributed by atoms with Crippen LogP contribution >= 0.6 is 0 Å². The summed E-state index contributed by atoms with van der Waals surface area (Å²) < 4.78 is 82.5. The van der Waals surface area contributed by atoms with Crippen molar-refractivity contribution >= 4 is 26.0 Å². The lowest BCUT2D eigenvalue weighted by Gasteiger charge is -2.49. The Balaban J connectivity index is 1.19. The summed E-state index contributed by atoms with van der Waals surface area (Å²) in [5.74, 6) is -0.323. The molecule has 2 fully saturated rings. The highest BCUT2D eigenvalue weighted by atomic mass is 32.2. The first-order valence-corrected chi connectivity index (χ1v) is 18.6. The Kier molecular flexibility index (Phi) is 8.77. The van der Waals surface area contributed by atoms with Crippen LogP contribution in [0.15, 0.2) is 76.5 Å². The summed E-state index contributed by atoms with van der Waals surface area (Å²) in [6, 6.07) is 16.0. The zero-order valence-corrected chi connectivity index (χ0v) is 27.7. The zero-order valence-electron chi connectivity index (χ0n) is 26.1. The Bertz CT molecular complexity index is 1830. The summed E-state index contributed by atoms with van der Waals surface area (Å²) in [4.78, 5) is 13.1. The van der Waals surface area contributed by atoms with Crippen molar-refractivity contribution in [2.45, 2.75) is 80.5 Å². The number of benzene rings is 3. The van der Waals surface area contributed by atoms with Gasteiger partial charge in [-0.3, -0.25) is 4.79 Å². The van der Waals surface area contributed by atoms with Gasteiger partial charge in [-0.2, -0.15) is 4.31 Å². The fourth-order valence-electron chi connectivity index (χ4n) is 6.83. The summed E-state index contributed by atoms with van der Waals surface area (Å²) in [6.07, 6.45) is 3.43. The van der Waals surface area contributed by atoms with E-state index in [1.54, 1.807) is 24.3 Å². The molecule has 1 N–H and O–H groups in total. The highest BCUT2D eigenvalue weighted by Gasteiger charge is 2.47. The first-order chi connectivity index (χ1) is 21.7. The quantitative estimate of drug-likeness (QED) is 0.347. The second-order valence-corrected chi connectivity index (χ2v) is 16.8. The number of hydrogen-bond acceptors (Lipinski definition) is 7. The van der Waals surface area contributed by atoms with Crippen molar-refractivity contribution in [3.8, 4) is 5.75 Å². The van der Waals surface area contributed by atoms with Gasteiger partial charge in [-0.05, 0) is 112 Å². The summed E-state index contributed by atoms with van der Waals surface area (Å²) in [5, 5.41) is 0. The summed E-state index contributed by atoms with van der Waals surface area (Å²) >= 11 is 0. The Morgan fingerprint density at radius 3 is 2.35 bits per heavy atom.